The van der Waals surface area contributed by atoms with Gasteiger partial charge >= 0.3 is 18.1 Å². The van der Waals surface area contributed by atoms with E-state index in [2.05, 4.69) is 16.0 Å². The number of hydrogen-bond donors (Lipinski definition) is 5. The zero-order valence-corrected chi connectivity index (χ0v) is 14.5. The predicted octanol–water partition coefficient (Wildman–Crippen LogP) is 0.774. The maximum absolute atomic E-state index is 13.3. The zero-order chi connectivity index (χ0) is 21.1. The Hall–Kier alpha value is -3.08. The molecule has 2 rings (SSSR count). The smallest absolute Gasteiger partial charge is 0.417 e. The van der Waals surface area contributed by atoms with Crippen molar-refractivity contribution in [3.8, 4) is 0 Å². The number of nitrogens with one attached hydrogen (secondary N) is 2. The number of fused-ring (bicyclic) bond motifs is 1. The highest BCUT2D eigenvalue weighted by atomic mass is 19.4. The number of carboxylic acids is 2. The number of aromatic amines is 1. The van der Waals surface area contributed by atoms with E-state index in [0.717, 1.165) is 6.07 Å². The monoisotopic (exact) mass is 402 g/mol. The van der Waals surface area contributed by atoms with Crippen LogP contribution in [-0.4, -0.2) is 45.1 Å². The largest absolute Gasteiger partial charge is 0.481 e. The number of carboxylic acid groups (broad SMARTS) is 2. The molecule has 152 valence electrons. The Morgan fingerprint density at radius 3 is 2.46 bits per heavy atom. The normalized spacial score (nSPS) is 13.9. The van der Waals surface area contributed by atoms with Crippen LogP contribution in [0.15, 0.2) is 24.4 Å². The van der Waals surface area contributed by atoms with Crippen molar-refractivity contribution < 1.29 is 43.5 Å². The van der Waals surface area contributed by atoms with Crippen molar-refractivity contribution in [2.45, 2.75) is 37.5 Å². The van der Waals surface area contributed by atoms with E-state index in [0.29, 0.717) is 0 Å². The summed E-state index contributed by atoms with van der Waals surface area (Å²) in [5, 5.41) is 20.0. The molecule has 8 nitrogen and oxygen atoms in total. The van der Waals surface area contributed by atoms with Crippen molar-refractivity contribution in [3.63, 3.8) is 0 Å². The Morgan fingerprint density at radius 2 is 1.89 bits per heavy atom. The number of H-pyrrole nitrogens is 1. The lowest BCUT2D eigenvalue weighted by Gasteiger charge is -2.17. The van der Waals surface area contributed by atoms with Crippen LogP contribution >= 0.6 is 0 Å². The first-order chi connectivity index (χ1) is 13.0. The minimum absolute atomic E-state index is 0.0850. The summed E-state index contributed by atoms with van der Waals surface area (Å²) < 4.78 is 39.8. The number of quaternary nitrogens is 1. The number of alkyl halides is 3. The van der Waals surface area contributed by atoms with Crippen molar-refractivity contribution in [2.24, 2.45) is 0 Å². The molecular formula is C17H19F3N3O5+. The minimum atomic E-state index is -4.63. The van der Waals surface area contributed by atoms with E-state index in [1.165, 1.54) is 18.3 Å². The molecule has 7 N–H and O–H groups in total. The number of benzene rings is 1. The number of aliphatic carboxylic acids is 2. The molecule has 0 aliphatic rings. The highest BCUT2D eigenvalue weighted by Crippen LogP contribution is 2.36. The molecule has 0 spiro atoms. The van der Waals surface area contributed by atoms with E-state index in [1.807, 2.05) is 0 Å². The molecule has 0 radical (unpaired) electrons. The number of carbonyl (C=O) groups excluding carboxylic acids is 1. The molecule has 28 heavy (non-hydrogen) atoms. The molecule has 0 aliphatic heterocycles. The molecule has 2 atom stereocenters. The fraction of sp³-hybridized carbons (Fsp3) is 0.353. The van der Waals surface area contributed by atoms with E-state index >= 15 is 0 Å². The molecule has 0 fully saturated rings. The van der Waals surface area contributed by atoms with Gasteiger partial charge in [-0.05, 0) is 17.7 Å². The van der Waals surface area contributed by atoms with Crippen LogP contribution in [0.3, 0.4) is 0 Å². The maximum Gasteiger partial charge on any atom is 0.417 e. The molecular weight excluding hydrogens is 383 g/mol. The van der Waals surface area contributed by atoms with Gasteiger partial charge < -0.3 is 26.2 Å². The standard InChI is InChI=1S/C17H18F3N3O5/c18-17(19,20)9-2-1-3-11-14(9)8(7-22-11)6-12(16(27)28)23-15(26)10(21)4-5-13(24)25/h1-3,7,10,12,22H,4-6,21H2,(H,23,26)(H,24,25)(H,27,28)/p+1/t10-,12-/m0/s1. The number of hydrogen-bond acceptors (Lipinski definition) is 3. The summed E-state index contributed by atoms with van der Waals surface area (Å²) in [6.07, 6.45) is -4.17. The fourth-order valence-corrected chi connectivity index (χ4v) is 2.79. The van der Waals surface area contributed by atoms with Crippen molar-refractivity contribution in [1.82, 2.24) is 10.3 Å². The molecule has 1 aromatic carbocycles. The molecule has 1 aromatic heterocycles. The molecule has 0 saturated carbocycles. The van der Waals surface area contributed by atoms with Gasteiger partial charge in [-0.15, -0.1) is 0 Å². The van der Waals surface area contributed by atoms with Gasteiger partial charge in [0.25, 0.3) is 5.91 Å². The molecule has 2 aromatic rings. The highest BCUT2D eigenvalue weighted by molar-refractivity contribution is 5.89. The van der Waals surface area contributed by atoms with Crippen LogP contribution in [0.2, 0.25) is 0 Å². The van der Waals surface area contributed by atoms with Gasteiger partial charge in [-0.2, -0.15) is 13.2 Å². The number of rotatable bonds is 8. The SMILES string of the molecule is [NH3+][C@@H](CCC(=O)O)C(=O)N[C@@H](Cc1c[nH]c2cccc(C(F)(F)F)c12)C(=O)O. The summed E-state index contributed by atoms with van der Waals surface area (Å²) >= 11 is 0. The van der Waals surface area contributed by atoms with Gasteiger partial charge in [0.05, 0.1) is 12.0 Å². The maximum atomic E-state index is 13.3. The van der Waals surface area contributed by atoms with Crippen LogP contribution < -0.4 is 11.1 Å². The second-order valence-electron chi connectivity index (χ2n) is 6.27. The van der Waals surface area contributed by atoms with Crippen LogP contribution in [0.5, 0.6) is 0 Å². The Morgan fingerprint density at radius 1 is 1.21 bits per heavy atom. The van der Waals surface area contributed by atoms with E-state index in [9.17, 15) is 32.7 Å². The van der Waals surface area contributed by atoms with Crippen LogP contribution in [0.4, 0.5) is 13.2 Å². The lowest BCUT2D eigenvalue weighted by molar-refractivity contribution is -0.405. The van der Waals surface area contributed by atoms with Crippen LogP contribution in [0.1, 0.15) is 24.0 Å². The molecule has 0 saturated heterocycles. The average molecular weight is 402 g/mol. The van der Waals surface area contributed by atoms with Crippen molar-refractivity contribution in [3.05, 3.63) is 35.5 Å². The van der Waals surface area contributed by atoms with Gasteiger partial charge in [-0.1, -0.05) is 6.07 Å². The summed E-state index contributed by atoms with van der Waals surface area (Å²) in [5.41, 5.74) is 2.86. The average Bonchev–Trinajstić information content (AvgIpc) is 3.00. The Bertz CT molecular complexity index is 894. The van der Waals surface area contributed by atoms with Crippen molar-refractivity contribution in [1.29, 1.82) is 0 Å². The second kappa shape index (κ2) is 8.30. The minimum Gasteiger partial charge on any atom is -0.481 e. The fourth-order valence-electron chi connectivity index (χ4n) is 2.79. The first-order valence-electron chi connectivity index (χ1n) is 8.25. The second-order valence-corrected chi connectivity index (χ2v) is 6.27. The summed E-state index contributed by atoms with van der Waals surface area (Å²) in [6.45, 7) is 0. The number of aromatic nitrogens is 1. The summed E-state index contributed by atoms with van der Waals surface area (Å²) in [5.74, 6) is -3.35. The van der Waals surface area contributed by atoms with Gasteiger partial charge in [0.2, 0.25) is 0 Å². The van der Waals surface area contributed by atoms with Gasteiger partial charge in [0.1, 0.15) is 6.04 Å². The van der Waals surface area contributed by atoms with E-state index in [1.54, 1.807) is 0 Å². The Kier molecular flexibility index (Phi) is 6.29. The summed E-state index contributed by atoms with van der Waals surface area (Å²) in [7, 11) is 0. The van der Waals surface area contributed by atoms with E-state index in [-0.39, 0.29) is 35.7 Å². The topological polar surface area (TPSA) is 147 Å². The molecule has 11 heteroatoms. The molecule has 0 aliphatic carbocycles. The third-order valence-corrected chi connectivity index (χ3v) is 4.21. The van der Waals surface area contributed by atoms with Crippen LogP contribution in [0.25, 0.3) is 10.9 Å². The third-order valence-electron chi connectivity index (χ3n) is 4.21. The lowest BCUT2D eigenvalue weighted by Crippen LogP contribution is -2.68. The van der Waals surface area contributed by atoms with Gasteiger partial charge in [-0.3, -0.25) is 9.59 Å². The Labute approximate surface area is 156 Å². The quantitative estimate of drug-likeness (QED) is 0.443. The molecule has 1 amide bonds. The number of halogens is 3. The van der Waals surface area contributed by atoms with Crippen molar-refractivity contribution >= 4 is 28.7 Å². The first-order valence-corrected chi connectivity index (χ1v) is 8.25. The van der Waals surface area contributed by atoms with Crippen molar-refractivity contribution in [2.75, 3.05) is 0 Å². The van der Waals surface area contributed by atoms with Crippen LogP contribution in [-0.2, 0) is 27.0 Å². The van der Waals surface area contributed by atoms with E-state index in [4.69, 9.17) is 5.11 Å². The first kappa shape index (κ1) is 21.2. The molecule has 0 bridgehead atoms. The lowest BCUT2D eigenvalue weighted by atomic mass is 10.00. The Balaban J connectivity index is 2.25. The van der Waals surface area contributed by atoms with Crippen LogP contribution in [0, 0.1) is 0 Å². The molecule has 1 heterocycles. The molecule has 0 unspecified atom stereocenters. The predicted molar refractivity (Wildman–Crippen MR) is 90.1 cm³/mol. The zero-order valence-electron chi connectivity index (χ0n) is 14.5. The van der Waals surface area contributed by atoms with Gasteiger partial charge in [-0.25, -0.2) is 4.79 Å². The van der Waals surface area contributed by atoms with Gasteiger partial charge in [0.15, 0.2) is 6.04 Å². The summed E-state index contributed by atoms with van der Waals surface area (Å²) in [6, 6.07) is 1.05. The highest BCUT2D eigenvalue weighted by Gasteiger charge is 2.34. The summed E-state index contributed by atoms with van der Waals surface area (Å²) in [4.78, 5) is 36.8. The van der Waals surface area contributed by atoms with E-state index < -0.39 is 41.7 Å². The third kappa shape index (κ3) is 5.00. The number of carbonyl (C=O) groups is 3. The number of amides is 1. The van der Waals surface area contributed by atoms with Gasteiger partial charge in [0, 0.05) is 29.9 Å².